The van der Waals surface area contributed by atoms with E-state index in [1.54, 1.807) is 42.4 Å². The number of pyridine rings is 1. The number of nitrogens with zero attached hydrogens (tertiary/aromatic N) is 2. The van der Waals surface area contributed by atoms with Gasteiger partial charge in [0.2, 0.25) is 0 Å². The van der Waals surface area contributed by atoms with Crippen LogP contribution in [0.4, 0.5) is 4.39 Å². The Balaban J connectivity index is 2.06. The Morgan fingerprint density at radius 1 is 1.28 bits per heavy atom. The Hall–Kier alpha value is -2.23. The molecule has 0 aliphatic rings. The smallest absolute Gasteiger partial charge is 0.255 e. The molecule has 0 saturated heterocycles. The van der Waals surface area contributed by atoms with Crippen molar-refractivity contribution in [2.24, 2.45) is 0 Å². The molecule has 0 aliphatic heterocycles. The topological polar surface area (TPSA) is 33.2 Å². The fraction of sp³-hybridized carbons (Fsp3) is 0.143. The second-order valence-electron chi connectivity index (χ2n) is 4.03. The second kappa shape index (κ2) is 5.40. The molecule has 2 rings (SSSR count). The van der Waals surface area contributed by atoms with Crippen molar-refractivity contribution in [1.29, 1.82) is 0 Å². The van der Waals surface area contributed by atoms with Crippen molar-refractivity contribution in [1.82, 2.24) is 9.88 Å². The van der Waals surface area contributed by atoms with Crippen LogP contribution in [0, 0.1) is 5.82 Å². The van der Waals surface area contributed by atoms with Crippen LogP contribution >= 0.6 is 0 Å². The van der Waals surface area contributed by atoms with Crippen molar-refractivity contribution in [3.63, 3.8) is 0 Å². The molecule has 0 saturated carbocycles. The summed E-state index contributed by atoms with van der Waals surface area (Å²) in [5.41, 5.74) is 1.43. The highest BCUT2D eigenvalue weighted by Crippen LogP contribution is 2.08. The number of rotatable bonds is 3. The molecule has 1 aromatic carbocycles. The lowest BCUT2D eigenvalue weighted by atomic mass is 10.2. The highest BCUT2D eigenvalue weighted by Gasteiger charge is 2.11. The molecule has 0 fully saturated rings. The van der Waals surface area contributed by atoms with E-state index >= 15 is 0 Å². The quantitative estimate of drug-likeness (QED) is 0.831. The summed E-state index contributed by atoms with van der Waals surface area (Å²) in [7, 11) is 1.71. The molecule has 0 aliphatic carbocycles. The van der Waals surface area contributed by atoms with E-state index in [4.69, 9.17) is 0 Å². The Morgan fingerprint density at radius 3 is 2.61 bits per heavy atom. The molecular weight excluding hydrogens is 231 g/mol. The van der Waals surface area contributed by atoms with Gasteiger partial charge in [-0.1, -0.05) is 12.1 Å². The van der Waals surface area contributed by atoms with E-state index in [9.17, 15) is 9.18 Å². The van der Waals surface area contributed by atoms with E-state index in [1.165, 1.54) is 18.3 Å². The van der Waals surface area contributed by atoms with Crippen LogP contribution in [0.15, 0.2) is 48.8 Å². The number of carbonyl (C=O) groups is 1. The van der Waals surface area contributed by atoms with Crippen LogP contribution in [-0.2, 0) is 6.54 Å². The van der Waals surface area contributed by atoms with Crippen LogP contribution in [0.5, 0.6) is 0 Å². The summed E-state index contributed by atoms with van der Waals surface area (Å²) in [5, 5.41) is 0. The average molecular weight is 244 g/mol. The van der Waals surface area contributed by atoms with Gasteiger partial charge < -0.3 is 4.90 Å². The van der Waals surface area contributed by atoms with Gasteiger partial charge in [0.25, 0.3) is 5.91 Å². The van der Waals surface area contributed by atoms with Crippen LogP contribution in [0.1, 0.15) is 15.9 Å². The maximum Gasteiger partial charge on any atom is 0.255 e. The third-order valence-corrected chi connectivity index (χ3v) is 2.59. The fourth-order valence-corrected chi connectivity index (χ4v) is 1.65. The van der Waals surface area contributed by atoms with Gasteiger partial charge >= 0.3 is 0 Å². The van der Waals surface area contributed by atoms with E-state index in [2.05, 4.69) is 4.98 Å². The van der Waals surface area contributed by atoms with Crippen molar-refractivity contribution in [3.05, 3.63) is 65.7 Å². The predicted octanol–water partition coefficient (Wildman–Crippen LogP) is 2.49. The lowest BCUT2D eigenvalue weighted by Crippen LogP contribution is -2.26. The monoisotopic (exact) mass is 244 g/mol. The van der Waals surface area contributed by atoms with E-state index in [0.29, 0.717) is 12.1 Å². The van der Waals surface area contributed by atoms with Gasteiger partial charge in [0.15, 0.2) is 0 Å². The maximum atomic E-state index is 12.8. The predicted molar refractivity (Wildman–Crippen MR) is 66.4 cm³/mol. The van der Waals surface area contributed by atoms with Crippen molar-refractivity contribution in [3.8, 4) is 0 Å². The Bertz CT molecular complexity index is 525. The zero-order chi connectivity index (χ0) is 13.0. The van der Waals surface area contributed by atoms with Gasteiger partial charge in [-0.2, -0.15) is 0 Å². The van der Waals surface area contributed by atoms with Gasteiger partial charge in [0.05, 0.1) is 5.56 Å². The first-order valence-electron chi connectivity index (χ1n) is 5.57. The van der Waals surface area contributed by atoms with Crippen molar-refractivity contribution >= 4 is 5.91 Å². The zero-order valence-corrected chi connectivity index (χ0v) is 10.0. The number of benzene rings is 1. The summed E-state index contributed by atoms with van der Waals surface area (Å²) in [6, 6.07) is 9.55. The molecule has 2 aromatic rings. The fourth-order valence-electron chi connectivity index (χ4n) is 1.65. The number of amides is 1. The standard InChI is InChI=1S/C14H13FN2O/c1-17(10-11-4-6-13(15)7-5-11)14(18)12-3-2-8-16-9-12/h2-9H,10H2,1H3. The molecule has 0 bridgehead atoms. The van der Waals surface area contributed by atoms with E-state index in [0.717, 1.165) is 5.56 Å². The van der Waals surface area contributed by atoms with E-state index in [1.807, 2.05) is 0 Å². The van der Waals surface area contributed by atoms with Gasteiger partial charge in [0, 0.05) is 26.0 Å². The summed E-state index contributed by atoms with van der Waals surface area (Å²) in [6.07, 6.45) is 3.15. The SMILES string of the molecule is CN(Cc1ccc(F)cc1)C(=O)c1cccnc1. The molecule has 0 atom stereocenters. The van der Waals surface area contributed by atoms with Gasteiger partial charge in [0.1, 0.15) is 5.82 Å². The number of aromatic nitrogens is 1. The zero-order valence-electron chi connectivity index (χ0n) is 10.0. The van der Waals surface area contributed by atoms with Gasteiger partial charge in [-0.25, -0.2) is 4.39 Å². The highest BCUT2D eigenvalue weighted by atomic mass is 19.1. The summed E-state index contributed by atoms with van der Waals surface area (Å²) >= 11 is 0. The highest BCUT2D eigenvalue weighted by molar-refractivity contribution is 5.93. The van der Waals surface area contributed by atoms with Gasteiger partial charge in [-0.3, -0.25) is 9.78 Å². The molecule has 0 radical (unpaired) electrons. The second-order valence-corrected chi connectivity index (χ2v) is 4.03. The van der Waals surface area contributed by atoms with Crippen molar-refractivity contribution in [2.75, 3.05) is 7.05 Å². The Labute approximate surface area is 105 Å². The third-order valence-electron chi connectivity index (χ3n) is 2.59. The number of hydrogen-bond donors (Lipinski definition) is 0. The van der Waals surface area contributed by atoms with Crippen LogP contribution in [0.2, 0.25) is 0 Å². The molecular formula is C14H13FN2O. The van der Waals surface area contributed by atoms with E-state index in [-0.39, 0.29) is 11.7 Å². The summed E-state index contributed by atoms with van der Waals surface area (Å²) in [5.74, 6) is -0.382. The summed E-state index contributed by atoms with van der Waals surface area (Å²) in [4.78, 5) is 17.5. The molecule has 1 aromatic heterocycles. The number of halogens is 1. The molecule has 92 valence electrons. The lowest BCUT2D eigenvalue weighted by molar-refractivity contribution is 0.0784. The molecule has 0 spiro atoms. The first kappa shape index (κ1) is 12.2. The third kappa shape index (κ3) is 2.91. The normalized spacial score (nSPS) is 10.1. The average Bonchev–Trinajstić information content (AvgIpc) is 2.41. The molecule has 1 heterocycles. The first-order valence-corrected chi connectivity index (χ1v) is 5.57. The van der Waals surface area contributed by atoms with Gasteiger partial charge in [-0.15, -0.1) is 0 Å². The molecule has 1 amide bonds. The maximum absolute atomic E-state index is 12.8. The number of hydrogen-bond acceptors (Lipinski definition) is 2. The number of carbonyl (C=O) groups excluding carboxylic acids is 1. The van der Waals surface area contributed by atoms with E-state index < -0.39 is 0 Å². The Morgan fingerprint density at radius 2 is 2.00 bits per heavy atom. The summed E-state index contributed by atoms with van der Waals surface area (Å²) in [6.45, 7) is 0.438. The molecule has 4 heteroatoms. The van der Waals surface area contributed by atoms with Gasteiger partial charge in [-0.05, 0) is 29.8 Å². The molecule has 0 unspecified atom stereocenters. The molecule has 3 nitrogen and oxygen atoms in total. The minimum atomic E-state index is -0.278. The Kier molecular flexibility index (Phi) is 3.67. The minimum Gasteiger partial charge on any atom is -0.337 e. The lowest BCUT2D eigenvalue weighted by Gasteiger charge is -2.17. The molecule has 0 N–H and O–H groups in total. The largest absolute Gasteiger partial charge is 0.337 e. The molecule has 18 heavy (non-hydrogen) atoms. The minimum absolute atomic E-state index is 0.104. The van der Waals surface area contributed by atoms with Crippen LogP contribution < -0.4 is 0 Å². The van der Waals surface area contributed by atoms with Crippen molar-refractivity contribution < 1.29 is 9.18 Å². The first-order chi connectivity index (χ1) is 8.66. The summed E-state index contributed by atoms with van der Waals surface area (Å²) < 4.78 is 12.8. The van der Waals surface area contributed by atoms with Crippen molar-refractivity contribution in [2.45, 2.75) is 6.54 Å². The van der Waals surface area contributed by atoms with Crippen LogP contribution in [0.25, 0.3) is 0 Å². The van der Waals surface area contributed by atoms with Crippen LogP contribution in [0.3, 0.4) is 0 Å². The van der Waals surface area contributed by atoms with Crippen LogP contribution in [-0.4, -0.2) is 22.8 Å².